The van der Waals surface area contributed by atoms with Crippen LogP contribution in [0.1, 0.15) is 77.0 Å². The van der Waals surface area contributed by atoms with E-state index in [2.05, 4.69) is 19.9 Å². The molecule has 4 fully saturated rings. The molecule has 12 heteroatoms. The molecule has 0 aliphatic heterocycles. The van der Waals surface area contributed by atoms with Gasteiger partial charge in [-0.3, -0.25) is 27.9 Å². The molecule has 0 atom stereocenters. The molecule has 4 saturated carbocycles. The first-order valence-corrected chi connectivity index (χ1v) is 15.8. The van der Waals surface area contributed by atoms with Gasteiger partial charge in [-0.15, -0.1) is 0 Å². The van der Waals surface area contributed by atoms with Crippen LogP contribution in [0.4, 0.5) is 0 Å². The van der Waals surface area contributed by atoms with Crippen LogP contribution in [0.3, 0.4) is 0 Å². The standard InChI is InChI=1S/2C15H20N4O2/c2*20-14-12-13(17-9-16-12)18(7-10-3-1-4-10)15(21)19(14)8-11-5-2-6-11/h2*9-11H,1-8H2,(H,16,17). The van der Waals surface area contributed by atoms with Crippen molar-refractivity contribution in [2.24, 2.45) is 23.7 Å². The van der Waals surface area contributed by atoms with Crippen LogP contribution in [-0.4, -0.2) is 38.2 Å². The number of hydrogen-bond acceptors (Lipinski definition) is 6. The highest BCUT2D eigenvalue weighted by Gasteiger charge is 2.26. The summed E-state index contributed by atoms with van der Waals surface area (Å²) in [7, 11) is 0. The summed E-state index contributed by atoms with van der Waals surface area (Å²) >= 11 is 0. The minimum Gasteiger partial charge on any atom is -0.339 e. The largest absolute Gasteiger partial charge is 0.339 e. The van der Waals surface area contributed by atoms with Gasteiger partial charge in [0.25, 0.3) is 11.1 Å². The van der Waals surface area contributed by atoms with Gasteiger partial charge in [0.1, 0.15) is 11.0 Å². The molecule has 42 heavy (non-hydrogen) atoms. The molecule has 8 rings (SSSR count). The zero-order valence-corrected chi connectivity index (χ0v) is 24.1. The lowest BCUT2D eigenvalue weighted by atomic mass is 9.85. The van der Waals surface area contributed by atoms with Gasteiger partial charge >= 0.3 is 11.4 Å². The number of imidazole rings is 2. The zero-order chi connectivity index (χ0) is 28.8. The lowest BCUT2D eigenvalue weighted by molar-refractivity contribution is 0.255. The topological polar surface area (TPSA) is 145 Å². The SMILES string of the molecule is O=c1c2[nH]cnc2n(CC2CCC2)c(=O)n1CC1CCC1.O=c1c2[nH]cnc2n(CC2CCC2)c(=O)n1CC1CCC1. The monoisotopic (exact) mass is 576 g/mol. The van der Waals surface area contributed by atoms with Crippen LogP contribution in [0, 0.1) is 23.7 Å². The molecule has 0 bridgehead atoms. The van der Waals surface area contributed by atoms with Crippen molar-refractivity contribution >= 4 is 22.3 Å². The molecule has 0 amide bonds. The smallest absolute Gasteiger partial charge is 0.332 e. The van der Waals surface area contributed by atoms with E-state index in [0.29, 0.717) is 72.2 Å². The fourth-order valence-electron chi connectivity index (χ4n) is 6.60. The minimum absolute atomic E-state index is 0.182. The first-order valence-electron chi connectivity index (χ1n) is 15.8. The first kappa shape index (κ1) is 27.2. The number of aromatic nitrogens is 8. The summed E-state index contributed by atoms with van der Waals surface area (Å²) in [5.74, 6) is 2.07. The number of hydrogen-bond donors (Lipinski definition) is 2. The number of aromatic amines is 2. The van der Waals surface area contributed by atoms with E-state index in [1.807, 2.05) is 0 Å². The summed E-state index contributed by atoms with van der Waals surface area (Å²) in [6.07, 6.45) is 17.1. The molecule has 12 nitrogen and oxygen atoms in total. The maximum Gasteiger partial charge on any atom is 0.332 e. The van der Waals surface area contributed by atoms with Crippen molar-refractivity contribution in [1.29, 1.82) is 0 Å². The van der Waals surface area contributed by atoms with Gasteiger partial charge in [0.15, 0.2) is 11.3 Å². The predicted octanol–water partition coefficient (Wildman–Crippen LogP) is 2.97. The number of nitrogens with zero attached hydrogens (tertiary/aromatic N) is 6. The number of nitrogens with one attached hydrogen (secondary N) is 2. The Bertz CT molecular complexity index is 1690. The Labute approximate surface area is 241 Å². The second-order valence-electron chi connectivity index (χ2n) is 13.0. The van der Waals surface area contributed by atoms with Gasteiger partial charge in [-0.25, -0.2) is 19.6 Å². The van der Waals surface area contributed by atoms with Gasteiger partial charge in [-0.2, -0.15) is 0 Å². The number of rotatable bonds is 8. The van der Waals surface area contributed by atoms with Crippen LogP contribution in [0.15, 0.2) is 31.8 Å². The van der Waals surface area contributed by atoms with E-state index in [1.54, 1.807) is 9.13 Å². The summed E-state index contributed by atoms with van der Waals surface area (Å²) in [6.45, 7) is 2.48. The van der Waals surface area contributed by atoms with Gasteiger partial charge in [0, 0.05) is 26.2 Å². The second-order valence-corrected chi connectivity index (χ2v) is 13.0. The summed E-state index contributed by atoms with van der Waals surface area (Å²) in [4.78, 5) is 64.6. The highest BCUT2D eigenvalue weighted by molar-refractivity contribution is 5.69. The molecule has 4 aromatic rings. The van der Waals surface area contributed by atoms with Crippen molar-refractivity contribution in [1.82, 2.24) is 38.2 Å². The van der Waals surface area contributed by atoms with Gasteiger partial charge in [-0.05, 0) is 75.0 Å². The molecule has 4 aliphatic rings. The molecule has 0 spiro atoms. The highest BCUT2D eigenvalue weighted by atomic mass is 16.2. The summed E-state index contributed by atoms with van der Waals surface area (Å²) < 4.78 is 6.25. The molecule has 0 radical (unpaired) electrons. The molecule has 4 aliphatic carbocycles. The van der Waals surface area contributed by atoms with Crippen LogP contribution in [0.5, 0.6) is 0 Å². The van der Waals surface area contributed by atoms with Crippen LogP contribution < -0.4 is 22.5 Å². The van der Waals surface area contributed by atoms with E-state index in [0.717, 1.165) is 25.7 Å². The Morgan fingerprint density at radius 3 is 1.12 bits per heavy atom. The molecule has 0 aromatic carbocycles. The Morgan fingerprint density at radius 1 is 0.524 bits per heavy atom. The van der Waals surface area contributed by atoms with E-state index in [9.17, 15) is 19.2 Å². The maximum absolute atomic E-state index is 12.7. The zero-order valence-electron chi connectivity index (χ0n) is 24.1. The van der Waals surface area contributed by atoms with Crippen LogP contribution in [0.25, 0.3) is 22.3 Å². The van der Waals surface area contributed by atoms with E-state index >= 15 is 0 Å². The Hall–Kier alpha value is -3.70. The molecule has 224 valence electrons. The molecule has 4 aromatic heterocycles. The molecular weight excluding hydrogens is 536 g/mol. The van der Waals surface area contributed by atoms with E-state index in [-0.39, 0.29) is 22.5 Å². The van der Waals surface area contributed by atoms with Crippen LogP contribution in [-0.2, 0) is 26.2 Å². The van der Waals surface area contributed by atoms with Gasteiger partial charge in [-0.1, -0.05) is 25.7 Å². The predicted molar refractivity (Wildman–Crippen MR) is 159 cm³/mol. The van der Waals surface area contributed by atoms with Crippen LogP contribution >= 0.6 is 0 Å². The Balaban J connectivity index is 0.000000137. The Kier molecular flexibility index (Phi) is 7.23. The minimum atomic E-state index is -0.218. The van der Waals surface area contributed by atoms with Gasteiger partial charge in [0.05, 0.1) is 12.7 Å². The first-order chi connectivity index (χ1) is 20.5. The van der Waals surface area contributed by atoms with Crippen molar-refractivity contribution in [2.75, 3.05) is 0 Å². The maximum atomic E-state index is 12.7. The molecule has 0 saturated heterocycles. The third kappa shape index (κ3) is 4.88. The Morgan fingerprint density at radius 2 is 0.833 bits per heavy atom. The normalized spacial score (nSPS) is 19.6. The van der Waals surface area contributed by atoms with Crippen molar-refractivity contribution < 1.29 is 0 Å². The van der Waals surface area contributed by atoms with Crippen molar-refractivity contribution in [3.63, 3.8) is 0 Å². The quantitative estimate of drug-likeness (QED) is 0.330. The third-order valence-corrected chi connectivity index (χ3v) is 10.3. The summed E-state index contributed by atoms with van der Waals surface area (Å²) in [6, 6.07) is 0. The highest BCUT2D eigenvalue weighted by Crippen LogP contribution is 2.30. The third-order valence-electron chi connectivity index (χ3n) is 10.3. The van der Waals surface area contributed by atoms with Crippen molar-refractivity contribution in [3.8, 4) is 0 Å². The van der Waals surface area contributed by atoms with E-state index in [4.69, 9.17) is 0 Å². The fraction of sp³-hybridized carbons (Fsp3) is 0.667. The van der Waals surface area contributed by atoms with Crippen molar-refractivity contribution in [2.45, 2.75) is 103 Å². The summed E-state index contributed by atoms with van der Waals surface area (Å²) in [5.41, 5.74) is 1.16. The van der Waals surface area contributed by atoms with Gasteiger partial charge in [0.2, 0.25) is 0 Å². The number of H-pyrrole nitrogens is 2. The fourth-order valence-corrected chi connectivity index (χ4v) is 6.60. The van der Waals surface area contributed by atoms with Crippen molar-refractivity contribution in [3.05, 3.63) is 54.3 Å². The molecule has 0 unspecified atom stereocenters. The molecular formula is C30H40N8O4. The number of fused-ring (bicyclic) bond motifs is 2. The lowest BCUT2D eigenvalue weighted by Gasteiger charge is -2.28. The average Bonchev–Trinajstić information content (AvgIpc) is 3.55. The van der Waals surface area contributed by atoms with E-state index < -0.39 is 0 Å². The average molecular weight is 577 g/mol. The summed E-state index contributed by atoms with van der Waals surface area (Å²) in [5, 5.41) is 0. The van der Waals surface area contributed by atoms with Crippen LogP contribution in [0.2, 0.25) is 0 Å². The van der Waals surface area contributed by atoms with Gasteiger partial charge < -0.3 is 9.97 Å². The molecule has 4 heterocycles. The van der Waals surface area contributed by atoms with E-state index in [1.165, 1.54) is 73.2 Å². The second kappa shape index (κ2) is 11.2. The molecule has 2 N–H and O–H groups in total. The lowest BCUT2D eigenvalue weighted by Crippen LogP contribution is -2.43.